The molecular formula is C15H23NO. The van der Waals surface area contributed by atoms with Gasteiger partial charge in [-0.05, 0) is 24.3 Å². The summed E-state index contributed by atoms with van der Waals surface area (Å²) in [4.78, 5) is 0. The van der Waals surface area contributed by atoms with E-state index in [0.717, 1.165) is 24.0 Å². The molecule has 0 spiro atoms. The Kier molecular flexibility index (Phi) is 3.43. The maximum Gasteiger partial charge on any atom is 0.122 e. The van der Waals surface area contributed by atoms with Crippen LogP contribution in [0.2, 0.25) is 0 Å². The van der Waals surface area contributed by atoms with Crippen molar-refractivity contribution >= 4 is 0 Å². The van der Waals surface area contributed by atoms with Gasteiger partial charge < -0.3 is 10.8 Å². The van der Waals surface area contributed by atoms with E-state index in [0.29, 0.717) is 18.2 Å². The van der Waals surface area contributed by atoms with Gasteiger partial charge in [-0.1, -0.05) is 44.9 Å². The van der Waals surface area contributed by atoms with Crippen molar-refractivity contribution in [3.05, 3.63) is 29.3 Å². The van der Waals surface area contributed by atoms with Crippen molar-refractivity contribution in [1.82, 2.24) is 0 Å². The molecule has 0 amide bonds. The first-order valence-electron chi connectivity index (χ1n) is 6.63. The normalized spacial score (nSPS) is 18.8. The Balaban J connectivity index is 2.48. The van der Waals surface area contributed by atoms with E-state index in [2.05, 4.69) is 26.0 Å². The van der Waals surface area contributed by atoms with Crippen molar-refractivity contribution in [2.24, 2.45) is 5.73 Å². The molecule has 1 aliphatic rings. The number of phenolic OH excluding ortho intramolecular Hbond substituents is 1. The van der Waals surface area contributed by atoms with E-state index < -0.39 is 0 Å². The lowest BCUT2D eigenvalue weighted by molar-refractivity contribution is 0.400. The van der Waals surface area contributed by atoms with Gasteiger partial charge in [0.05, 0.1) is 0 Å². The third-order valence-electron chi connectivity index (χ3n) is 4.21. The molecular weight excluding hydrogens is 210 g/mol. The minimum atomic E-state index is 0.0228. The SMILES string of the molecule is CC(C)c1cccc(C2(CN)CCCC2)c1O. The van der Waals surface area contributed by atoms with Crippen molar-refractivity contribution in [1.29, 1.82) is 0 Å². The topological polar surface area (TPSA) is 46.2 Å². The Bertz CT molecular complexity index is 392. The predicted molar refractivity (Wildman–Crippen MR) is 71.4 cm³/mol. The molecule has 0 aromatic heterocycles. The standard InChI is InChI=1S/C15H23NO/c1-11(2)12-6-5-7-13(14(12)17)15(10-16)8-3-4-9-15/h5-7,11,17H,3-4,8-10,16H2,1-2H3. The third-order valence-corrected chi connectivity index (χ3v) is 4.21. The minimum absolute atomic E-state index is 0.0228. The summed E-state index contributed by atoms with van der Waals surface area (Å²) in [7, 11) is 0. The molecule has 94 valence electrons. The largest absolute Gasteiger partial charge is 0.507 e. The average Bonchev–Trinajstić information content (AvgIpc) is 2.78. The molecule has 1 aromatic carbocycles. The number of rotatable bonds is 3. The molecule has 0 radical (unpaired) electrons. The third kappa shape index (κ3) is 2.06. The van der Waals surface area contributed by atoms with Gasteiger partial charge in [0, 0.05) is 17.5 Å². The van der Waals surface area contributed by atoms with Crippen LogP contribution in [0.25, 0.3) is 0 Å². The van der Waals surface area contributed by atoms with Crippen LogP contribution in [0.1, 0.15) is 56.6 Å². The second-order valence-electron chi connectivity index (χ2n) is 5.59. The first-order chi connectivity index (χ1) is 8.10. The fourth-order valence-electron chi connectivity index (χ4n) is 3.09. The van der Waals surface area contributed by atoms with E-state index in [1.807, 2.05) is 6.07 Å². The van der Waals surface area contributed by atoms with Gasteiger partial charge in [0.25, 0.3) is 0 Å². The van der Waals surface area contributed by atoms with Crippen molar-refractivity contribution in [3.63, 3.8) is 0 Å². The lowest BCUT2D eigenvalue weighted by Gasteiger charge is -2.29. The summed E-state index contributed by atoms with van der Waals surface area (Å²) in [6.07, 6.45) is 4.67. The van der Waals surface area contributed by atoms with E-state index in [4.69, 9.17) is 5.73 Å². The van der Waals surface area contributed by atoms with E-state index in [1.165, 1.54) is 12.8 Å². The van der Waals surface area contributed by atoms with E-state index in [1.54, 1.807) is 0 Å². The van der Waals surface area contributed by atoms with Crippen LogP contribution in [0.4, 0.5) is 0 Å². The smallest absolute Gasteiger partial charge is 0.122 e. The van der Waals surface area contributed by atoms with Crippen LogP contribution in [-0.2, 0) is 5.41 Å². The Hall–Kier alpha value is -1.02. The van der Waals surface area contributed by atoms with Crippen LogP contribution in [0.5, 0.6) is 5.75 Å². The highest BCUT2D eigenvalue weighted by molar-refractivity contribution is 5.47. The fraction of sp³-hybridized carbons (Fsp3) is 0.600. The summed E-state index contributed by atoms with van der Waals surface area (Å²) in [5.41, 5.74) is 8.12. The number of aromatic hydroxyl groups is 1. The van der Waals surface area contributed by atoms with E-state index >= 15 is 0 Å². The van der Waals surface area contributed by atoms with Crippen LogP contribution >= 0.6 is 0 Å². The number of nitrogens with two attached hydrogens (primary N) is 1. The van der Waals surface area contributed by atoms with Gasteiger partial charge in [-0.25, -0.2) is 0 Å². The highest BCUT2D eigenvalue weighted by Gasteiger charge is 2.36. The Morgan fingerprint density at radius 3 is 2.47 bits per heavy atom. The van der Waals surface area contributed by atoms with Gasteiger partial charge in [-0.2, -0.15) is 0 Å². The van der Waals surface area contributed by atoms with Gasteiger partial charge in [-0.3, -0.25) is 0 Å². The first-order valence-corrected chi connectivity index (χ1v) is 6.63. The molecule has 0 bridgehead atoms. The zero-order valence-corrected chi connectivity index (χ0v) is 10.9. The van der Waals surface area contributed by atoms with E-state index in [-0.39, 0.29) is 5.41 Å². The summed E-state index contributed by atoms with van der Waals surface area (Å²) in [6, 6.07) is 6.13. The highest BCUT2D eigenvalue weighted by atomic mass is 16.3. The Labute approximate surface area is 104 Å². The van der Waals surface area contributed by atoms with Gasteiger partial charge in [0.1, 0.15) is 5.75 Å². The number of hydrogen-bond acceptors (Lipinski definition) is 2. The second-order valence-corrected chi connectivity index (χ2v) is 5.59. The average molecular weight is 233 g/mol. The van der Waals surface area contributed by atoms with Crippen molar-refractivity contribution in [2.75, 3.05) is 6.54 Å². The van der Waals surface area contributed by atoms with Crippen molar-refractivity contribution in [3.8, 4) is 5.75 Å². The fourth-order valence-corrected chi connectivity index (χ4v) is 3.09. The quantitative estimate of drug-likeness (QED) is 0.841. The lowest BCUT2D eigenvalue weighted by Crippen LogP contribution is -2.32. The molecule has 3 N–H and O–H groups in total. The molecule has 2 nitrogen and oxygen atoms in total. The molecule has 1 aliphatic carbocycles. The Morgan fingerprint density at radius 1 is 1.29 bits per heavy atom. The molecule has 2 heteroatoms. The maximum absolute atomic E-state index is 10.5. The maximum atomic E-state index is 10.5. The predicted octanol–water partition coefficient (Wildman–Crippen LogP) is 3.29. The number of benzene rings is 1. The molecule has 2 rings (SSSR count). The van der Waals surface area contributed by atoms with Gasteiger partial charge in [-0.15, -0.1) is 0 Å². The molecule has 0 heterocycles. The number of hydrogen-bond donors (Lipinski definition) is 2. The second kappa shape index (κ2) is 4.69. The summed E-state index contributed by atoms with van der Waals surface area (Å²) in [6.45, 7) is 4.87. The zero-order chi connectivity index (χ0) is 12.5. The molecule has 0 saturated heterocycles. The van der Waals surface area contributed by atoms with E-state index in [9.17, 15) is 5.11 Å². The molecule has 0 aliphatic heterocycles. The molecule has 1 fully saturated rings. The zero-order valence-electron chi connectivity index (χ0n) is 10.9. The van der Waals surface area contributed by atoms with Crippen LogP contribution in [0, 0.1) is 0 Å². The highest BCUT2D eigenvalue weighted by Crippen LogP contribution is 2.45. The van der Waals surface area contributed by atoms with Gasteiger partial charge >= 0.3 is 0 Å². The molecule has 17 heavy (non-hydrogen) atoms. The van der Waals surface area contributed by atoms with Gasteiger partial charge in [0.2, 0.25) is 0 Å². The minimum Gasteiger partial charge on any atom is -0.507 e. The summed E-state index contributed by atoms with van der Waals surface area (Å²) in [5.74, 6) is 0.834. The number of phenols is 1. The van der Waals surface area contributed by atoms with Crippen LogP contribution < -0.4 is 5.73 Å². The number of para-hydroxylation sites is 1. The Morgan fingerprint density at radius 2 is 1.94 bits per heavy atom. The van der Waals surface area contributed by atoms with Crippen molar-refractivity contribution < 1.29 is 5.11 Å². The van der Waals surface area contributed by atoms with Crippen molar-refractivity contribution in [2.45, 2.75) is 50.9 Å². The molecule has 1 aromatic rings. The van der Waals surface area contributed by atoms with Gasteiger partial charge in [0.15, 0.2) is 0 Å². The molecule has 1 saturated carbocycles. The monoisotopic (exact) mass is 233 g/mol. The summed E-state index contributed by atoms with van der Waals surface area (Å²) >= 11 is 0. The van der Waals surface area contributed by atoms with Crippen LogP contribution in [-0.4, -0.2) is 11.7 Å². The lowest BCUT2D eigenvalue weighted by atomic mass is 9.77. The summed E-state index contributed by atoms with van der Waals surface area (Å²) < 4.78 is 0. The first kappa shape index (κ1) is 12.4. The summed E-state index contributed by atoms with van der Waals surface area (Å²) in [5, 5.41) is 10.5. The van der Waals surface area contributed by atoms with Crippen LogP contribution in [0.15, 0.2) is 18.2 Å². The van der Waals surface area contributed by atoms with Crippen LogP contribution in [0.3, 0.4) is 0 Å². The molecule has 0 atom stereocenters. The molecule has 0 unspecified atom stereocenters.